The predicted molar refractivity (Wildman–Crippen MR) is 103 cm³/mol. The highest BCUT2D eigenvalue weighted by molar-refractivity contribution is 7.92. The number of aromatic amines is 1. The summed E-state index contributed by atoms with van der Waals surface area (Å²) in [5.74, 6) is -0.924. The minimum atomic E-state index is -4.00. The summed E-state index contributed by atoms with van der Waals surface area (Å²) in [4.78, 5) is 16.9. The third-order valence-electron chi connectivity index (χ3n) is 4.43. The van der Waals surface area contributed by atoms with E-state index >= 15 is 0 Å². The maximum Gasteiger partial charge on any atom is 0.270 e. The second-order valence-electron chi connectivity index (χ2n) is 6.21. The van der Waals surface area contributed by atoms with Gasteiger partial charge in [-0.2, -0.15) is 0 Å². The van der Waals surface area contributed by atoms with E-state index < -0.39 is 15.8 Å². The fraction of sp³-hybridized carbons (Fsp3) is 0.353. The molecule has 27 heavy (non-hydrogen) atoms. The van der Waals surface area contributed by atoms with Gasteiger partial charge in [-0.15, -0.1) is 12.4 Å². The molecule has 1 atom stereocenters. The smallest absolute Gasteiger partial charge is 0.270 e. The molecule has 1 aromatic carbocycles. The van der Waals surface area contributed by atoms with Gasteiger partial charge in [0.2, 0.25) is 0 Å². The van der Waals surface area contributed by atoms with Crippen molar-refractivity contribution in [3.8, 4) is 0 Å². The molecular formula is C17H22ClFN4O3S. The maximum absolute atomic E-state index is 13.7. The van der Waals surface area contributed by atoms with E-state index in [0.717, 1.165) is 12.8 Å². The molecule has 1 fully saturated rings. The summed E-state index contributed by atoms with van der Waals surface area (Å²) in [7, 11) is -2.15. The Morgan fingerprint density at radius 1 is 1.33 bits per heavy atom. The predicted octanol–water partition coefficient (Wildman–Crippen LogP) is 2.20. The standard InChI is InChI=1S/C17H21FN4O3S.ClH/c1-19-12-5-4-8-22(11-12)17(23)16-9-13(10-20-16)26(24,25)21-15-7-3-2-6-14(15)18;/h2-3,6-7,9-10,12,19-21H,4-5,8,11H2,1H3;1H. The van der Waals surface area contributed by atoms with Crippen molar-refractivity contribution in [2.24, 2.45) is 0 Å². The summed E-state index contributed by atoms with van der Waals surface area (Å²) in [5.41, 5.74) is 0.0464. The first-order valence-corrected chi connectivity index (χ1v) is 9.81. The third kappa shape index (κ3) is 4.79. The summed E-state index contributed by atoms with van der Waals surface area (Å²) < 4.78 is 40.7. The molecule has 0 spiro atoms. The number of sulfonamides is 1. The van der Waals surface area contributed by atoms with Crippen LogP contribution in [-0.2, 0) is 10.0 Å². The van der Waals surface area contributed by atoms with E-state index in [-0.39, 0.29) is 40.6 Å². The molecule has 3 rings (SSSR count). The van der Waals surface area contributed by atoms with Crippen molar-refractivity contribution < 1.29 is 17.6 Å². The molecule has 1 unspecified atom stereocenters. The molecule has 2 aromatic rings. The van der Waals surface area contributed by atoms with Crippen LogP contribution in [0.3, 0.4) is 0 Å². The molecule has 0 aliphatic carbocycles. The van der Waals surface area contributed by atoms with E-state index in [4.69, 9.17) is 0 Å². The van der Waals surface area contributed by atoms with Gasteiger partial charge in [-0.1, -0.05) is 12.1 Å². The van der Waals surface area contributed by atoms with Crippen LogP contribution in [-0.4, -0.2) is 50.4 Å². The highest BCUT2D eigenvalue weighted by Gasteiger charge is 2.26. The van der Waals surface area contributed by atoms with E-state index in [1.54, 1.807) is 4.90 Å². The Morgan fingerprint density at radius 3 is 2.78 bits per heavy atom. The molecule has 0 bridgehead atoms. The van der Waals surface area contributed by atoms with Crippen molar-refractivity contribution >= 4 is 34.0 Å². The fourth-order valence-corrected chi connectivity index (χ4v) is 4.03. The van der Waals surface area contributed by atoms with Crippen molar-refractivity contribution in [2.75, 3.05) is 24.9 Å². The number of benzene rings is 1. The number of carbonyl (C=O) groups excluding carboxylic acids is 1. The lowest BCUT2D eigenvalue weighted by atomic mass is 10.1. The molecule has 0 radical (unpaired) electrons. The number of para-hydroxylation sites is 1. The lowest BCUT2D eigenvalue weighted by molar-refractivity contribution is 0.0693. The third-order valence-corrected chi connectivity index (χ3v) is 5.78. The normalized spacial score (nSPS) is 17.3. The van der Waals surface area contributed by atoms with Crippen LogP contribution in [0, 0.1) is 5.82 Å². The van der Waals surface area contributed by atoms with Gasteiger partial charge in [0.25, 0.3) is 15.9 Å². The number of nitrogens with zero attached hydrogens (tertiary/aromatic N) is 1. The Kier molecular flexibility index (Phi) is 6.85. The number of likely N-dealkylation sites (tertiary alicyclic amines) is 1. The van der Waals surface area contributed by atoms with Crippen molar-refractivity contribution in [3.05, 3.63) is 48.0 Å². The number of likely N-dealkylation sites (N-methyl/N-ethyl adjacent to an activating group) is 1. The monoisotopic (exact) mass is 416 g/mol. The number of rotatable bonds is 5. The molecular weight excluding hydrogens is 395 g/mol. The lowest BCUT2D eigenvalue weighted by Crippen LogP contribution is -2.47. The van der Waals surface area contributed by atoms with Gasteiger partial charge in [-0.25, -0.2) is 12.8 Å². The van der Waals surface area contributed by atoms with Gasteiger partial charge in [0.15, 0.2) is 0 Å². The summed E-state index contributed by atoms with van der Waals surface area (Å²) in [6.45, 7) is 1.20. The molecule has 2 heterocycles. The topological polar surface area (TPSA) is 94.3 Å². The first-order chi connectivity index (χ1) is 12.4. The summed E-state index contributed by atoms with van der Waals surface area (Å²) >= 11 is 0. The molecule has 1 aliphatic heterocycles. The molecule has 1 amide bonds. The molecule has 1 aliphatic rings. The highest BCUT2D eigenvalue weighted by Crippen LogP contribution is 2.20. The lowest BCUT2D eigenvalue weighted by Gasteiger charge is -2.32. The van der Waals surface area contributed by atoms with E-state index in [9.17, 15) is 17.6 Å². The van der Waals surface area contributed by atoms with Crippen molar-refractivity contribution in [2.45, 2.75) is 23.8 Å². The van der Waals surface area contributed by atoms with Crippen LogP contribution in [0.15, 0.2) is 41.4 Å². The highest BCUT2D eigenvalue weighted by atomic mass is 35.5. The minimum Gasteiger partial charge on any atom is -0.356 e. The van der Waals surface area contributed by atoms with Crippen molar-refractivity contribution in [1.29, 1.82) is 0 Å². The largest absolute Gasteiger partial charge is 0.356 e. The Labute approximate surface area is 163 Å². The van der Waals surface area contributed by atoms with Gasteiger partial charge in [0, 0.05) is 25.3 Å². The van der Waals surface area contributed by atoms with Gasteiger partial charge >= 0.3 is 0 Å². The number of hydrogen-bond donors (Lipinski definition) is 3. The van der Waals surface area contributed by atoms with Crippen molar-refractivity contribution in [1.82, 2.24) is 15.2 Å². The van der Waals surface area contributed by atoms with Crippen molar-refractivity contribution in [3.63, 3.8) is 0 Å². The number of nitrogens with one attached hydrogen (secondary N) is 3. The Hall–Kier alpha value is -2.10. The average Bonchev–Trinajstić information content (AvgIpc) is 3.14. The summed E-state index contributed by atoms with van der Waals surface area (Å²) in [5, 5.41) is 3.16. The minimum absolute atomic E-state index is 0. The van der Waals surface area contributed by atoms with Gasteiger partial charge in [0.05, 0.1) is 5.69 Å². The molecule has 10 heteroatoms. The van der Waals surface area contributed by atoms with Crippen LogP contribution in [0.5, 0.6) is 0 Å². The summed E-state index contributed by atoms with van der Waals surface area (Å²) in [6.07, 6.45) is 3.12. The second-order valence-corrected chi connectivity index (χ2v) is 7.90. The molecule has 148 valence electrons. The van der Waals surface area contributed by atoms with Crippen LogP contribution in [0.1, 0.15) is 23.3 Å². The number of amides is 1. The number of H-pyrrole nitrogens is 1. The molecule has 0 saturated carbocycles. The zero-order valence-corrected chi connectivity index (χ0v) is 16.4. The van der Waals surface area contributed by atoms with E-state index in [0.29, 0.717) is 13.1 Å². The molecule has 1 aromatic heterocycles. The van der Waals surface area contributed by atoms with Crippen LogP contribution >= 0.6 is 12.4 Å². The quantitative estimate of drug-likeness (QED) is 0.696. The zero-order chi connectivity index (χ0) is 18.7. The Balaban J connectivity index is 0.00000261. The van der Waals surface area contributed by atoms with Gasteiger partial charge in [0.1, 0.15) is 16.4 Å². The molecule has 1 saturated heterocycles. The van der Waals surface area contributed by atoms with Gasteiger partial charge in [-0.05, 0) is 38.1 Å². The van der Waals surface area contributed by atoms with Gasteiger partial charge in [-0.3, -0.25) is 9.52 Å². The van der Waals surface area contributed by atoms with Crippen LogP contribution < -0.4 is 10.0 Å². The second kappa shape index (κ2) is 8.73. The summed E-state index contributed by atoms with van der Waals surface area (Å²) in [6, 6.07) is 7.00. The van der Waals surface area contributed by atoms with Crippen LogP contribution in [0.2, 0.25) is 0 Å². The van der Waals surface area contributed by atoms with E-state index in [1.165, 1.54) is 36.5 Å². The van der Waals surface area contributed by atoms with Crippen LogP contribution in [0.4, 0.5) is 10.1 Å². The SMILES string of the molecule is CNC1CCCN(C(=O)c2cc(S(=O)(=O)Nc3ccccc3F)c[nH]2)C1.Cl. The number of carbonyl (C=O) groups is 1. The maximum atomic E-state index is 13.7. The Morgan fingerprint density at radius 2 is 2.07 bits per heavy atom. The first-order valence-electron chi connectivity index (χ1n) is 8.33. The average molecular weight is 417 g/mol. The van der Waals surface area contributed by atoms with Gasteiger partial charge < -0.3 is 15.2 Å². The first kappa shape index (κ1) is 21.2. The number of hydrogen-bond acceptors (Lipinski definition) is 4. The molecule has 7 nitrogen and oxygen atoms in total. The fourth-order valence-electron chi connectivity index (χ4n) is 2.97. The van der Waals surface area contributed by atoms with E-state index in [2.05, 4.69) is 15.0 Å². The van der Waals surface area contributed by atoms with E-state index in [1.807, 2.05) is 7.05 Å². The van der Waals surface area contributed by atoms with Crippen LogP contribution in [0.25, 0.3) is 0 Å². The zero-order valence-electron chi connectivity index (χ0n) is 14.7. The number of piperidine rings is 1. The molecule has 3 N–H and O–H groups in total. The Bertz CT molecular complexity index is 903. The number of aromatic nitrogens is 1. The number of halogens is 2. The number of anilines is 1.